The summed E-state index contributed by atoms with van der Waals surface area (Å²) in [5.74, 6) is 3.18. The Morgan fingerprint density at radius 1 is 1.64 bits per heavy atom. The number of hydrogen-bond donors (Lipinski definition) is 0. The highest BCUT2D eigenvalue weighted by Crippen LogP contribution is 2.10. The molecule has 0 atom stereocenters. The van der Waals surface area contributed by atoms with Gasteiger partial charge in [0, 0.05) is 0 Å². The summed E-state index contributed by atoms with van der Waals surface area (Å²) >= 11 is 0. The lowest BCUT2D eigenvalue weighted by Gasteiger charge is -2.01. The molecule has 0 heterocycles. The van der Waals surface area contributed by atoms with Crippen molar-refractivity contribution in [3.63, 3.8) is 0 Å². The van der Waals surface area contributed by atoms with Gasteiger partial charge in [0.1, 0.15) is 12.4 Å². The summed E-state index contributed by atoms with van der Waals surface area (Å²) in [5, 5.41) is 0. The van der Waals surface area contributed by atoms with Gasteiger partial charge in [-0.15, -0.1) is 6.42 Å². The van der Waals surface area contributed by atoms with Crippen molar-refractivity contribution in [1.29, 1.82) is 0 Å². The van der Waals surface area contributed by atoms with Gasteiger partial charge in [-0.2, -0.15) is 0 Å². The minimum atomic E-state index is 0.317. The van der Waals surface area contributed by atoms with E-state index in [1.54, 1.807) is 6.07 Å². The normalized spacial score (nSPS) is 8.73. The molecular formula is C10H9O. The number of benzene rings is 1. The van der Waals surface area contributed by atoms with Crippen LogP contribution >= 0.6 is 0 Å². The van der Waals surface area contributed by atoms with Gasteiger partial charge in [0.15, 0.2) is 0 Å². The summed E-state index contributed by atoms with van der Waals surface area (Å²) in [6.07, 6.45) is 5.03. The average Bonchev–Trinajstić information content (AvgIpc) is 2.01. The lowest BCUT2D eigenvalue weighted by atomic mass is 10.2. The molecule has 0 saturated carbocycles. The second kappa shape index (κ2) is 3.68. The topological polar surface area (TPSA) is 9.23 Å². The first-order valence-electron chi connectivity index (χ1n) is 3.37. The molecule has 0 spiro atoms. The van der Waals surface area contributed by atoms with Crippen LogP contribution in [-0.2, 0) is 0 Å². The molecule has 0 aliphatic heterocycles. The van der Waals surface area contributed by atoms with Gasteiger partial charge in [0.05, 0.1) is 0 Å². The summed E-state index contributed by atoms with van der Waals surface area (Å²) < 4.78 is 5.17. The molecule has 0 fully saturated rings. The Morgan fingerprint density at radius 2 is 2.45 bits per heavy atom. The molecule has 0 amide bonds. The first-order valence-corrected chi connectivity index (χ1v) is 3.37. The highest BCUT2D eigenvalue weighted by Gasteiger charge is 1.90. The molecule has 1 radical (unpaired) electrons. The van der Waals surface area contributed by atoms with Crippen molar-refractivity contribution >= 4 is 0 Å². The van der Waals surface area contributed by atoms with Gasteiger partial charge in [-0.05, 0) is 30.7 Å². The van der Waals surface area contributed by atoms with Crippen LogP contribution in [0, 0.1) is 25.3 Å². The lowest BCUT2D eigenvalue weighted by Crippen LogP contribution is -1.92. The lowest BCUT2D eigenvalue weighted by molar-refractivity contribution is 0.370. The van der Waals surface area contributed by atoms with Gasteiger partial charge in [0.25, 0.3) is 0 Å². The van der Waals surface area contributed by atoms with Gasteiger partial charge in [-0.3, -0.25) is 0 Å². The second-order valence-electron chi connectivity index (χ2n) is 2.24. The third kappa shape index (κ3) is 2.35. The van der Waals surface area contributed by atoms with Crippen LogP contribution in [0.15, 0.2) is 18.2 Å². The van der Waals surface area contributed by atoms with E-state index in [9.17, 15) is 0 Å². The van der Waals surface area contributed by atoms with Crippen LogP contribution in [0.3, 0.4) is 0 Å². The fourth-order valence-corrected chi connectivity index (χ4v) is 0.771. The molecule has 1 aromatic carbocycles. The Bertz CT molecular complexity index is 270. The monoisotopic (exact) mass is 145 g/mol. The molecule has 0 aromatic heterocycles. The molecular weight excluding hydrogens is 136 g/mol. The van der Waals surface area contributed by atoms with Crippen molar-refractivity contribution < 1.29 is 4.74 Å². The Kier molecular flexibility index (Phi) is 2.57. The average molecular weight is 145 g/mol. The predicted molar refractivity (Wildman–Crippen MR) is 44.3 cm³/mol. The number of ether oxygens (including phenoxy) is 1. The molecule has 11 heavy (non-hydrogen) atoms. The standard InChI is InChI=1S/C10H9O/c1-3-7-11-10-6-4-5-9(2)8-10/h1,5-6,8H,7H2,2H3. The number of hydrogen-bond acceptors (Lipinski definition) is 1. The van der Waals surface area contributed by atoms with Gasteiger partial charge in [-0.25, -0.2) is 0 Å². The highest BCUT2D eigenvalue weighted by molar-refractivity contribution is 5.26. The summed E-state index contributed by atoms with van der Waals surface area (Å²) in [6.45, 7) is 2.30. The smallest absolute Gasteiger partial charge is 0.148 e. The van der Waals surface area contributed by atoms with Gasteiger partial charge in [-0.1, -0.05) is 12.0 Å². The van der Waals surface area contributed by atoms with E-state index in [1.807, 2.05) is 19.1 Å². The molecule has 1 aromatic rings. The zero-order valence-electron chi connectivity index (χ0n) is 6.42. The van der Waals surface area contributed by atoms with E-state index in [0.717, 1.165) is 11.3 Å². The number of rotatable bonds is 2. The fourth-order valence-electron chi connectivity index (χ4n) is 0.771. The van der Waals surface area contributed by atoms with E-state index in [2.05, 4.69) is 12.0 Å². The Hall–Kier alpha value is -1.42. The van der Waals surface area contributed by atoms with E-state index in [-0.39, 0.29) is 0 Å². The largest absolute Gasteiger partial charge is 0.481 e. The van der Waals surface area contributed by atoms with Crippen LogP contribution in [0.1, 0.15) is 5.56 Å². The molecule has 0 aliphatic rings. The maximum Gasteiger partial charge on any atom is 0.148 e. The van der Waals surface area contributed by atoms with Crippen LogP contribution in [0.2, 0.25) is 0 Å². The van der Waals surface area contributed by atoms with Crippen LogP contribution in [0.5, 0.6) is 5.75 Å². The van der Waals surface area contributed by atoms with Gasteiger partial charge < -0.3 is 4.74 Å². The van der Waals surface area contributed by atoms with Crippen molar-refractivity contribution in [2.45, 2.75) is 6.92 Å². The Morgan fingerprint density at radius 3 is 3.09 bits per heavy atom. The Labute approximate surface area is 67.0 Å². The van der Waals surface area contributed by atoms with Crippen molar-refractivity contribution in [2.75, 3.05) is 6.61 Å². The third-order valence-electron chi connectivity index (χ3n) is 1.23. The van der Waals surface area contributed by atoms with Crippen LogP contribution in [-0.4, -0.2) is 6.61 Å². The summed E-state index contributed by atoms with van der Waals surface area (Å²) in [5.41, 5.74) is 1.12. The first kappa shape index (κ1) is 7.68. The fraction of sp³-hybridized carbons (Fsp3) is 0.200. The minimum absolute atomic E-state index is 0.317. The van der Waals surface area contributed by atoms with E-state index in [4.69, 9.17) is 11.2 Å². The molecule has 0 saturated heterocycles. The van der Waals surface area contributed by atoms with Crippen LogP contribution in [0.4, 0.5) is 0 Å². The van der Waals surface area contributed by atoms with E-state index >= 15 is 0 Å². The van der Waals surface area contributed by atoms with Crippen LogP contribution < -0.4 is 4.74 Å². The van der Waals surface area contributed by atoms with Crippen molar-refractivity contribution in [3.05, 3.63) is 29.8 Å². The molecule has 0 N–H and O–H groups in total. The quantitative estimate of drug-likeness (QED) is 0.577. The van der Waals surface area contributed by atoms with Gasteiger partial charge in [0.2, 0.25) is 0 Å². The third-order valence-corrected chi connectivity index (χ3v) is 1.23. The molecule has 1 nitrogen and oxygen atoms in total. The van der Waals surface area contributed by atoms with Crippen LogP contribution in [0.25, 0.3) is 0 Å². The summed E-state index contributed by atoms with van der Waals surface area (Å²) in [7, 11) is 0. The molecule has 1 heteroatoms. The molecule has 1 rings (SSSR count). The minimum Gasteiger partial charge on any atom is -0.481 e. The maximum absolute atomic E-state index is 5.17. The van der Waals surface area contributed by atoms with Crippen molar-refractivity contribution in [1.82, 2.24) is 0 Å². The number of aryl methyl sites for hydroxylation is 1. The number of terminal acetylenes is 1. The second-order valence-corrected chi connectivity index (χ2v) is 2.24. The zero-order chi connectivity index (χ0) is 8.10. The molecule has 55 valence electrons. The maximum atomic E-state index is 5.17. The molecule has 0 aliphatic carbocycles. The summed E-state index contributed by atoms with van der Waals surface area (Å²) in [4.78, 5) is 0. The zero-order valence-corrected chi connectivity index (χ0v) is 6.42. The SMILES string of the molecule is C#CCOc1c[c]cc(C)c1. The first-order chi connectivity index (χ1) is 5.33. The van der Waals surface area contributed by atoms with E-state index < -0.39 is 0 Å². The van der Waals surface area contributed by atoms with E-state index in [0.29, 0.717) is 6.61 Å². The highest BCUT2D eigenvalue weighted by atomic mass is 16.5. The summed E-state index contributed by atoms with van der Waals surface area (Å²) in [6, 6.07) is 8.53. The van der Waals surface area contributed by atoms with Crippen molar-refractivity contribution in [3.8, 4) is 18.1 Å². The molecule has 0 unspecified atom stereocenters. The predicted octanol–water partition coefficient (Wildman–Crippen LogP) is 1.81. The van der Waals surface area contributed by atoms with E-state index in [1.165, 1.54) is 0 Å². The van der Waals surface area contributed by atoms with Gasteiger partial charge >= 0.3 is 0 Å². The molecule has 0 bridgehead atoms. The Balaban J connectivity index is 2.65. The van der Waals surface area contributed by atoms with Crippen molar-refractivity contribution in [2.24, 2.45) is 0 Å².